The molecule has 0 radical (unpaired) electrons. The van der Waals surface area contributed by atoms with Crippen molar-refractivity contribution >= 4 is 35.6 Å². The highest BCUT2D eigenvalue weighted by atomic mass is 35.5. The Morgan fingerprint density at radius 3 is 2.55 bits per heavy atom. The molecule has 0 saturated carbocycles. The molecule has 0 aliphatic rings. The van der Waals surface area contributed by atoms with Crippen molar-refractivity contribution in [3.8, 4) is 0 Å². The first-order chi connectivity index (χ1) is 9.72. The molecule has 0 aromatic heterocycles. The number of hydrogen-bond acceptors (Lipinski definition) is 4. The zero-order valence-electron chi connectivity index (χ0n) is 12.8. The fourth-order valence-electron chi connectivity index (χ4n) is 2.02. The molecule has 1 rings (SSSR count). The molecule has 124 valence electrons. The highest BCUT2D eigenvalue weighted by molar-refractivity contribution is 6.31. The summed E-state index contributed by atoms with van der Waals surface area (Å²) < 4.78 is 0. The zero-order valence-corrected chi connectivity index (χ0v) is 14.4. The lowest BCUT2D eigenvalue weighted by atomic mass is 10.0. The number of halogens is 2. The minimum Gasteiger partial charge on any atom is -0.340 e. The van der Waals surface area contributed by atoms with Gasteiger partial charge in [-0.05, 0) is 24.0 Å². The average molecular weight is 350 g/mol. The second-order valence-corrected chi connectivity index (χ2v) is 5.87. The summed E-state index contributed by atoms with van der Waals surface area (Å²) in [6, 6.07) is 3.59. The van der Waals surface area contributed by atoms with Gasteiger partial charge >= 0.3 is 0 Å². The molecule has 0 aliphatic carbocycles. The number of nitro benzene ring substituents is 1. The molecule has 1 aromatic carbocycles. The van der Waals surface area contributed by atoms with Crippen molar-refractivity contribution in [2.24, 2.45) is 11.7 Å². The van der Waals surface area contributed by atoms with Crippen LogP contribution in [0.4, 0.5) is 5.69 Å². The molecule has 0 unspecified atom stereocenters. The number of carbonyl (C=O) groups excluding carboxylic acids is 1. The number of likely N-dealkylation sites (N-methyl/N-ethyl adjacent to an activating group) is 1. The van der Waals surface area contributed by atoms with E-state index in [9.17, 15) is 14.9 Å². The first-order valence-electron chi connectivity index (χ1n) is 6.65. The molecule has 0 spiro atoms. The van der Waals surface area contributed by atoms with Crippen LogP contribution in [0.15, 0.2) is 18.2 Å². The van der Waals surface area contributed by atoms with Crippen molar-refractivity contribution in [3.05, 3.63) is 38.9 Å². The van der Waals surface area contributed by atoms with Gasteiger partial charge in [0.1, 0.15) is 0 Å². The summed E-state index contributed by atoms with van der Waals surface area (Å²) in [6.07, 6.45) is 0.589. The van der Waals surface area contributed by atoms with Gasteiger partial charge in [-0.3, -0.25) is 14.9 Å². The first-order valence-corrected chi connectivity index (χ1v) is 7.03. The Morgan fingerprint density at radius 1 is 1.45 bits per heavy atom. The number of benzene rings is 1. The van der Waals surface area contributed by atoms with E-state index in [2.05, 4.69) is 0 Å². The third-order valence-electron chi connectivity index (χ3n) is 3.07. The van der Waals surface area contributed by atoms with Crippen LogP contribution in [-0.4, -0.2) is 28.8 Å². The lowest BCUT2D eigenvalue weighted by Gasteiger charge is -2.22. The molecule has 0 fully saturated rings. The molecule has 6 nitrogen and oxygen atoms in total. The van der Waals surface area contributed by atoms with Crippen LogP contribution >= 0.6 is 24.0 Å². The van der Waals surface area contributed by atoms with Gasteiger partial charge in [-0.25, -0.2) is 0 Å². The van der Waals surface area contributed by atoms with E-state index < -0.39 is 11.0 Å². The Morgan fingerprint density at radius 2 is 2.05 bits per heavy atom. The van der Waals surface area contributed by atoms with Crippen LogP contribution in [0.3, 0.4) is 0 Å². The van der Waals surface area contributed by atoms with Gasteiger partial charge in [0.2, 0.25) is 5.91 Å². The second-order valence-electron chi connectivity index (χ2n) is 5.46. The van der Waals surface area contributed by atoms with Crippen LogP contribution in [-0.2, 0) is 11.3 Å². The molecule has 0 heterocycles. The SMILES string of the molecule is CC(C)C[C@H](N)C(=O)N(C)Cc1cc([N+](=O)[O-])ccc1Cl.Cl. The number of nitro groups is 1. The smallest absolute Gasteiger partial charge is 0.269 e. The Labute approximate surface area is 141 Å². The summed E-state index contributed by atoms with van der Waals surface area (Å²) >= 11 is 6.02. The summed E-state index contributed by atoms with van der Waals surface area (Å²) in [6.45, 7) is 4.17. The van der Waals surface area contributed by atoms with Gasteiger partial charge in [-0.2, -0.15) is 0 Å². The maximum absolute atomic E-state index is 12.1. The van der Waals surface area contributed by atoms with Gasteiger partial charge in [0.15, 0.2) is 0 Å². The number of nitrogens with two attached hydrogens (primary N) is 1. The number of hydrogen-bond donors (Lipinski definition) is 1. The molecule has 8 heteroatoms. The van der Waals surface area contributed by atoms with Gasteiger partial charge in [-0.15, -0.1) is 12.4 Å². The predicted octanol–water partition coefficient (Wildman–Crippen LogP) is 3.00. The molecule has 0 aliphatic heterocycles. The Balaban J connectivity index is 0.00000441. The van der Waals surface area contributed by atoms with Gasteiger partial charge < -0.3 is 10.6 Å². The summed E-state index contributed by atoms with van der Waals surface area (Å²) in [5.41, 5.74) is 6.33. The minimum absolute atomic E-state index is 0. The second kappa shape index (κ2) is 8.92. The van der Waals surface area contributed by atoms with E-state index in [-0.39, 0.29) is 30.5 Å². The highest BCUT2D eigenvalue weighted by Crippen LogP contribution is 2.23. The maximum atomic E-state index is 12.1. The van der Waals surface area contributed by atoms with Gasteiger partial charge in [0.05, 0.1) is 11.0 Å². The summed E-state index contributed by atoms with van der Waals surface area (Å²) in [5.74, 6) is 0.116. The third-order valence-corrected chi connectivity index (χ3v) is 3.44. The van der Waals surface area contributed by atoms with Crippen molar-refractivity contribution in [1.29, 1.82) is 0 Å². The molecule has 0 saturated heterocycles. The topological polar surface area (TPSA) is 89.5 Å². The van der Waals surface area contributed by atoms with E-state index in [1.807, 2.05) is 13.8 Å². The monoisotopic (exact) mass is 349 g/mol. The molecule has 0 bridgehead atoms. The Hall–Kier alpha value is -1.37. The minimum atomic E-state index is -0.576. The maximum Gasteiger partial charge on any atom is 0.269 e. The Bertz CT molecular complexity index is 538. The van der Waals surface area contributed by atoms with Crippen LogP contribution < -0.4 is 5.73 Å². The lowest BCUT2D eigenvalue weighted by molar-refractivity contribution is -0.384. The fourth-order valence-corrected chi connectivity index (χ4v) is 2.20. The quantitative estimate of drug-likeness (QED) is 0.631. The normalized spacial score (nSPS) is 11.7. The van der Waals surface area contributed by atoms with Crippen molar-refractivity contribution in [2.45, 2.75) is 32.9 Å². The number of rotatable bonds is 6. The van der Waals surface area contributed by atoms with E-state index in [0.29, 0.717) is 22.9 Å². The number of amides is 1. The first kappa shape index (κ1) is 20.6. The molecule has 2 N–H and O–H groups in total. The van der Waals surface area contributed by atoms with E-state index in [1.165, 1.54) is 23.1 Å². The highest BCUT2D eigenvalue weighted by Gasteiger charge is 2.20. The third kappa shape index (κ3) is 5.79. The van der Waals surface area contributed by atoms with Gasteiger partial charge in [0, 0.05) is 30.7 Å². The van der Waals surface area contributed by atoms with E-state index >= 15 is 0 Å². The lowest BCUT2D eigenvalue weighted by Crippen LogP contribution is -2.42. The molecule has 1 atom stereocenters. The van der Waals surface area contributed by atoms with Crippen molar-refractivity contribution in [3.63, 3.8) is 0 Å². The van der Waals surface area contributed by atoms with Crippen LogP contribution in [0.25, 0.3) is 0 Å². The summed E-state index contributed by atoms with van der Waals surface area (Å²) in [4.78, 5) is 23.9. The number of non-ortho nitro benzene ring substituents is 1. The molecule has 1 aromatic rings. The number of nitrogens with zero attached hydrogens (tertiary/aromatic N) is 2. The molecular formula is C14H21Cl2N3O3. The fraction of sp³-hybridized carbons (Fsp3) is 0.500. The molecule has 1 amide bonds. The molecule has 22 heavy (non-hydrogen) atoms. The van der Waals surface area contributed by atoms with Crippen molar-refractivity contribution in [2.75, 3.05) is 7.05 Å². The number of carbonyl (C=O) groups is 1. The summed E-state index contributed by atoms with van der Waals surface area (Å²) in [5, 5.41) is 11.2. The largest absolute Gasteiger partial charge is 0.340 e. The predicted molar refractivity (Wildman–Crippen MR) is 89.3 cm³/mol. The van der Waals surface area contributed by atoms with Crippen molar-refractivity contribution in [1.82, 2.24) is 4.90 Å². The van der Waals surface area contributed by atoms with E-state index in [0.717, 1.165) is 0 Å². The van der Waals surface area contributed by atoms with E-state index in [1.54, 1.807) is 7.05 Å². The Kier molecular flexibility index (Phi) is 8.37. The zero-order chi connectivity index (χ0) is 16.2. The molecular weight excluding hydrogens is 329 g/mol. The average Bonchev–Trinajstić information content (AvgIpc) is 2.39. The van der Waals surface area contributed by atoms with Gasteiger partial charge in [-0.1, -0.05) is 25.4 Å². The van der Waals surface area contributed by atoms with Crippen LogP contribution in [0.2, 0.25) is 5.02 Å². The standard InChI is InChI=1S/C14H20ClN3O3.ClH/c1-9(2)6-13(16)14(19)17(3)8-10-7-11(18(20)21)4-5-12(10)15;/h4-5,7,9,13H,6,8,16H2,1-3H3;1H/t13-;/m0./s1. The van der Waals surface area contributed by atoms with E-state index in [4.69, 9.17) is 17.3 Å². The van der Waals surface area contributed by atoms with Gasteiger partial charge in [0.25, 0.3) is 5.69 Å². The van der Waals surface area contributed by atoms with Crippen LogP contribution in [0.5, 0.6) is 0 Å². The van der Waals surface area contributed by atoms with Crippen molar-refractivity contribution < 1.29 is 9.72 Å². The van der Waals surface area contributed by atoms with Crippen LogP contribution in [0, 0.1) is 16.0 Å². The van der Waals surface area contributed by atoms with Crippen LogP contribution in [0.1, 0.15) is 25.8 Å². The summed E-state index contributed by atoms with van der Waals surface area (Å²) in [7, 11) is 1.61.